The van der Waals surface area contributed by atoms with E-state index in [0.29, 0.717) is 39.9 Å². The van der Waals surface area contributed by atoms with Crippen molar-refractivity contribution in [3.8, 4) is 33.6 Å². The molecule has 4 aromatic rings. The molecule has 0 bridgehead atoms. The van der Waals surface area contributed by atoms with Crippen LogP contribution < -0.4 is 0 Å². The number of carboxylic acid groups (broad SMARTS) is 1. The van der Waals surface area contributed by atoms with Crippen LogP contribution in [0.5, 0.6) is 0 Å². The molecular weight excluding hydrogens is 691 g/mol. The fourth-order valence-corrected chi connectivity index (χ4v) is 13.5. The van der Waals surface area contributed by atoms with Gasteiger partial charge in [-0.05, 0) is 56.2 Å². The van der Waals surface area contributed by atoms with Crippen molar-refractivity contribution >= 4 is 43.5 Å². The van der Waals surface area contributed by atoms with Crippen LogP contribution >= 0.6 is 23.2 Å². The summed E-state index contributed by atoms with van der Waals surface area (Å²) in [5, 5.41) is 11.0. The molecule has 266 valence electrons. The predicted octanol–water partition coefficient (Wildman–Crippen LogP) is 10.2. The van der Waals surface area contributed by atoms with Crippen LogP contribution in [0.1, 0.15) is 78.1 Å². The summed E-state index contributed by atoms with van der Waals surface area (Å²) in [4.78, 5) is 44.7. The number of benzene rings is 2. The number of H-pyrrole nitrogens is 2. The Labute approximate surface area is 304 Å². The van der Waals surface area contributed by atoms with Gasteiger partial charge in [-0.15, -0.1) is 0 Å². The number of rotatable bonds is 5. The Hall–Kier alpha value is -3.80. The van der Waals surface area contributed by atoms with Crippen molar-refractivity contribution in [3.05, 3.63) is 70.5 Å². The molecule has 2 saturated heterocycles. The molecule has 3 unspecified atom stereocenters. The van der Waals surface area contributed by atoms with Gasteiger partial charge in [0.15, 0.2) is 10.3 Å². The highest BCUT2D eigenvalue weighted by molar-refractivity contribution is 6.80. The first-order valence-electron chi connectivity index (χ1n) is 17.1. The largest absolute Gasteiger partial charge is 0.465 e. The summed E-state index contributed by atoms with van der Waals surface area (Å²) in [6.07, 6.45) is 0.367. The second-order valence-corrected chi connectivity index (χ2v) is 21.9. The van der Waals surface area contributed by atoms with Crippen LogP contribution in [0.3, 0.4) is 0 Å². The van der Waals surface area contributed by atoms with Gasteiger partial charge in [-0.3, -0.25) is 9.80 Å². The van der Waals surface area contributed by atoms with Gasteiger partial charge in [0.2, 0.25) is 0 Å². The number of carbonyl (C=O) groups excluding carboxylic acids is 1. The lowest BCUT2D eigenvalue weighted by Crippen LogP contribution is -2.54. The molecular formula is C37H46Cl2N6O4Si. The molecule has 2 aromatic heterocycles. The molecule has 0 saturated carbocycles. The van der Waals surface area contributed by atoms with Crippen molar-refractivity contribution in [1.29, 1.82) is 0 Å². The lowest BCUT2D eigenvalue weighted by molar-refractivity contribution is 0.0218. The molecule has 4 heterocycles. The number of nitrogens with one attached hydrogen (secondary N) is 2. The molecule has 2 amide bonds. The van der Waals surface area contributed by atoms with E-state index in [-0.39, 0.29) is 29.3 Å². The molecule has 0 radical (unpaired) electrons. The first kappa shape index (κ1) is 36.0. The number of aromatic nitrogens is 4. The van der Waals surface area contributed by atoms with Crippen LogP contribution in [0.15, 0.2) is 48.5 Å². The number of aromatic amines is 2. The summed E-state index contributed by atoms with van der Waals surface area (Å²) in [6.45, 7) is 17.0. The van der Waals surface area contributed by atoms with Crippen molar-refractivity contribution in [2.24, 2.45) is 5.41 Å². The summed E-state index contributed by atoms with van der Waals surface area (Å²) >= 11 is 13.3. The minimum absolute atomic E-state index is 0.0522. The Morgan fingerprint density at radius 2 is 1.28 bits per heavy atom. The zero-order valence-corrected chi connectivity index (χ0v) is 32.4. The topological polar surface area (TPSA) is 127 Å². The van der Waals surface area contributed by atoms with Crippen molar-refractivity contribution in [2.75, 3.05) is 6.54 Å². The smallest absolute Gasteiger partial charge is 0.410 e. The molecule has 50 heavy (non-hydrogen) atoms. The molecule has 10 nitrogen and oxygen atoms in total. The van der Waals surface area contributed by atoms with Crippen LogP contribution in [0.4, 0.5) is 9.59 Å². The van der Waals surface area contributed by atoms with E-state index in [1.54, 1.807) is 9.80 Å². The van der Waals surface area contributed by atoms with Crippen LogP contribution in [0.2, 0.25) is 29.4 Å². The number of halogens is 2. The Morgan fingerprint density at radius 3 is 1.72 bits per heavy atom. The highest BCUT2D eigenvalue weighted by atomic mass is 35.5. The normalized spacial score (nSPS) is 20.8. The molecule has 3 atom stereocenters. The molecule has 2 fully saturated rings. The quantitative estimate of drug-likeness (QED) is 0.175. The number of hydrogen-bond donors (Lipinski definition) is 3. The van der Waals surface area contributed by atoms with Crippen LogP contribution in [0.25, 0.3) is 33.6 Å². The van der Waals surface area contributed by atoms with Crippen LogP contribution in [-0.4, -0.2) is 72.9 Å². The first-order valence-corrected chi connectivity index (χ1v) is 21.1. The van der Waals surface area contributed by atoms with E-state index in [9.17, 15) is 14.7 Å². The number of nitrogens with zero attached hydrogens (tertiary/aromatic N) is 4. The van der Waals surface area contributed by atoms with Gasteiger partial charge in [-0.25, -0.2) is 19.6 Å². The highest BCUT2D eigenvalue weighted by Gasteiger charge is 2.55. The Morgan fingerprint density at radius 1 is 0.820 bits per heavy atom. The maximum Gasteiger partial charge on any atom is 0.410 e. The number of amides is 2. The number of likely N-dealkylation sites (tertiary alicyclic amines) is 1. The Bertz CT molecular complexity index is 1890. The third kappa shape index (κ3) is 7.04. The summed E-state index contributed by atoms with van der Waals surface area (Å²) in [6, 6.07) is 16.3. The standard InChI is InChI=1S/C37H46Cl2N6O4Si/c1-36(2,3)33-45(34(46)47)26(20-50(33,7)8)32-41-28(30(39)43-32)24-17-13-22(14-18-24)21-11-15-23(16-12-21)27-29(38)42-31(40-27)25-10-9-19-44(25)35(48)49-37(4,5)6/h11-18,25-26,33H,9-10,19-20H2,1-8H3,(H,40,42)(H,41,43)(H,46,47). The van der Waals surface area contributed by atoms with E-state index in [0.717, 1.165) is 41.1 Å². The van der Waals surface area contributed by atoms with Gasteiger partial charge >= 0.3 is 12.2 Å². The van der Waals surface area contributed by atoms with Crippen LogP contribution in [0, 0.1) is 5.41 Å². The summed E-state index contributed by atoms with van der Waals surface area (Å²) in [5.41, 5.74) is 4.33. The number of hydrogen-bond acceptors (Lipinski definition) is 5. The third-order valence-corrected chi connectivity index (χ3v) is 14.3. The first-order chi connectivity index (χ1) is 23.3. The lowest BCUT2D eigenvalue weighted by atomic mass is 9.95. The summed E-state index contributed by atoms with van der Waals surface area (Å²) in [7, 11) is -1.95. The van der Waals surface area contributed by atoms with E-state index in [1.807, 2.05) is 69.3 Å². The van der Waals surface area contributed by atoms with E-state index in [2.05, 4.69) is 53.8 Å². The second kappa shape index (κ2) is 13.1. The number of carbonyl (C=O) groups is 2. The third-order valence-electron chi connectivity index (χ3n) is 9.66. The molecule has 2 aliphatic rings. The molecule has 3 N–H and O–H groups in total. The van der Waals surface area contributed by atoms with Gasteiger partial charge in [-0.1, -0.05) is 106 Å². The van der Waals surface area contributed by atoms with Crippen LogP contribution in [-0.2, 0) is 4.74 Å². The second-order valence-electron chi connectivity index (χ2n) is 16.2. The van der Waals surface area contributed by atoms with Gasteiger partial charge in [-0.2, -0.15) is 0 Å². The fourth-order valence-electron chi connectivity index (χ4n) is 8.01. The van der Waals surface area contributed by atoms with E-state index in [1.165, 1.54) is 0 Å². The van der Waals surface area contributed by atoms with E-state index >= 15 is 0 Å². The SMILES string of the molecule is CC(C)(C)OC(=O)N1CCCC1c1nc(Cl)c(-c2ccc(-c3ccc(-c4[nH]c(C5C[Si](C)(C)C(C(C)(C)C)N5C(=O)O)nc4Cl)cc3)cc2)[nH]1. The van der Waals surface area contributed by atoms with Gasteiger partial charge in [0.1, 0.15) is 17.2 Å². The molecule has 13 heteroatoms. The molecule has 0 aliphatic carbocycles. The predicted molar refractivity (Wildman–Crippen MR) is 200 cm³/mol. The molecule has 0 spiro atoms. The van der Waals surface area contributed by atoms with Gasteiger partial charge in [0, 0.05) is 23.3 Å². The highest BCUT2D eigenvalue weighted by Crippen LogP contribution is 2.48. The Kier molecular flexibility index (Phi) is 9.41. The average Bonchev–Trinajstić information content (AvgIpc) is 3.80. The minimum atomic E-state index is -1.95. The van der Waals surface area contributed by atoms with Gasteiger partial charge in [0.05, 0.1) is 31.5 Å². The van der Waals surface area contributed by atoms with Crippen molar-refractivity contribution in [3.63, 3.8) is 0 Å². The zero-order valence-electron chi connectivity index (χ0n) is 29.9. The van der Waals surface area contributed by atoms with Gasteiger partial charge < -0.3 is 19.8 Å². The molecule has 2 aromatic carbocycles. The van der Waals surface area contributed by atoms with E-state index < -0.39 is 19.8 Å². The monoisotopic (exact) mass is 736 g/mol. The number of imidazole rings is 2. The van der Waals surface area contributed by atoms with Crippen molar-refractivity contribution in [2.45, 2.75) is 96.9 Å². The average molecular weight is 738 g/mol. The summed E-state index contributed by atoms with van der Waals surface area (Å²) < 4.78 is 5.62. The minimum Gasteiger partial charge on any atom is -0.465 e. The van der Waals surface area contributed by atoms with Crippen molar-refractivity contribution < 1.29 is 19.4 Å². The lowest BCUT2D eigenvalue weighted by Gasteiger charge is -2.40. The molecule has 6 rings (SSSR count). The zero-order chi connectivity index (χ0) is 36.3. The number of ether oxygens (including phenoxy) is 1. The Balaban J connectivity index is 1.19. The molecule has 2 aliphatic heterocycles. The maximum atomic E-state index is 12.8. The summed E-state index contributed by atoms with van der Waals surface area (Å²) in [5.74, 6) is 1.24. The van der Waals surface area contributed by atoms with E-state index in [4.69, 9.17) is 27.9 Å². The fraction of sp³-hybridized carbons (Fsp3) is 0.459. The van der Waals surface area contributed by atoms with Gasteiger partial charge in [0.25, 0.3) is 0 Å². The van der Waals surface area contributed by atoms with Crippen molar-refractivity contribution in [1.82, 2.24) is 29.7 Å². The maximum absolute atomic E-state index is 12.8.